The number of carboxylic acid groups (broad SMARTS) is 1. The van der Waals surface area contributed by atoms with Crippen LogP contribution in [0.3, 0.4) is 0 Å². The van der Waals surface area contributed by atoms with E-state index in [9.17, 15) is 9.59 Å². The van der Waals surface area contributed by atoms with Crippen LogP contribution >= 0.6 is 0 Å². The van der Waals surface area contributed by atoms with Gasteiger partial charge in [0.05, 0.1) is 5.92 Å². The van der Waals surface area contributed by atoms with E-state index in [0.717, 1.165) is 13.0 Å². The van der Waals surface area contributed by atoms with Gasteiger partial charge in [0.1, 0.15) is 6.04 Å². The number of carboxylic acids is 1. The molecule has 3 N–H and O–H groups in total. The quantitative estimate of drug-likeness (QED) is 0.642. The zero-order valence-corrected chi connectivity index (χ0v) is 9.99. The Morgan fingerprint density at radius 2 is 2.06 bits per heavy atom. The van der Waals surface area contributed by atoms with E-state index in [0.29, 0.717) is 0 Å². The van der Waals surface area contributed by atoms with Crippen LogP contribution in [0.1, 0.15) is 27.2 Å². The molecular weight excluding hydrogens is 208 g/mol. The van der Waals surface area contributed by atoms with Gasteiger partial charge in [0.2, 0.25) is 5.91 Å². The van der Waals surface area contributed by atoms with Gasteiger partial charge >= 0.3 is 5.97 Å². The molecule has 0 spiro atoms. The first kappa shape index (κ1) is 13.0. The Bertz CT molecular complexity index is 278. The van der Waals surface area contributed by atoms with Gasteiger partial charge in [-0.15, -0.1) is 0 Å². The molecule has 0 aromatic rings. The summed E-state index contributed by atoms with van der Waals surface area (Å²) in [5.41, 5.74) is 0. The lowest BCUT2D eigenvalue weighted by Gasteiger charge is -2.21. The Balaban J connectivity index is 2.58. The third-order valence-corrected chi connectivity index (χ3v) is 3.09. The van der Waals surface area contributed by atoms with Crippen molar-refractivity contribution in [2.75, 3.05) is 6.54 Å². The summed E-state index contributed by atoms with van der Waals surface area (Å²) < 4.78 is 0. The van der Waals surface area contributed by atoms with E-state index >= 15 is 0 Å². The molecule has 0 bridgehead atoms. The SMILES string of the molecule is CC1NCCC1C(=O)N[C@@H](C(=O)O)C(C)C. The van der Waals surface area contributed by atoms with Gasteiger partial charge in [-0.1, -0.05) is 13.8 Å². The number of aliphatic carboxylic acids is 1. The Kier molecular flexibility index (Phi) is 4.29. The fourth-order valence-corrected chi connectivity index (χ4v) is 1.99. The summed E-state index contributed by atoms with van der Waals surface area (Å²) in [5.74, 6) is -1.34. The van der Waals surface area contributed by atoms with Crippen LogP contribution < -0.4 is 10.6 Å². The van der Waals surface area contributed by atoms with Crippen molar-refractivity contribution in [2.45, 2.75) is 39.3 Å². The van der Waals surface area contributed by atoms with E-state index in [4.69, 9.17) is 5.11 Å². The molecule has 0 saturated carbocycles. The van der Waals surface area contributed by atoms with Crippen molar-refractivity contribution in [3.8, 4) is 0 Å². The highest BCUT2D eigenvalue weighted by Gasteiger charge is 2.32. The van der Waals surface area contributed by atoms with E-state index in [1.807, 2.05) is 6.92 Å². The summed E-state index contributed by atoms with van der Waals surface area (Å²) in [7, 11) is 0. The van der Waals surface area contributed by atoms with E-state index in [-0.39, 0.29) is 23.8 Å². The van der Waals surface area contributed by atoms with Crippen LogP contribution in [-0.2, 0) is 9.59 Å². The number of amides is 1. The van der Waals surface area contributed by atoms with Gasteiger partial charge < -0.3 is 15.7 Å². The first-order valence-corrected chi connectivity index (χ1v) is 5.70. The Hall–Kier alpha value is -1.10. The number of hydrogen-bond donors (Lipinski definition) is 3. The van der Waals surface area contributed by atoms with Crippen molar-refractivity contribution in [3.63, 3.8) is 0 Å². The number of carbonyl (C=O) groups is 2. The van der Waals surface area contributed by atoms with Crippen molar-refractivity contribution >= 4 is 11.9 Å². The highest BCUT2D eigenvalue weighted by molar-refractivity contribution is 5.85. The maximum atomic E-state index is 11.9. The zero-order valence-electron chi connectivity index (χ0n) is 9.99. The van der Waals surface area contributed by atoms with Crippen molar-refractivity contribution in [1.29, 1.82) is 0 Å². The van der Waals surface area contributed by atoms with E-state index in [2.05, 4.69) is 10.6 Å². The van der Waals surface area contributed by atoms with Crippen LogP contribution in [0.2, 0.25) is 0 Å². The van der Waals surface area contributed by atoms with Gasteiger partial charge in [0.25, 0.3) is 0 Å². The molecule has 0 aliphatic carbocycles. The first-order valence-electron chi connectivity index (χ1n) is 5.70. The van der Waals surface area contributed by atoms with E-state index < -0.39 is 12.0 Å². The number of hydrogen-bond acceptors (Lipinski definition) is 3. The lowest BCUT2D eigenvalue weighted by atomic mass is 9.98. The summed E-state index contributed by atoms with van der Waals surface area (Å²) in [6.45, 7) is 6.34. The molecule has 2 unspecified atom stereocenters. The molecule has 3 atom stereocenters. The molecule has 0 radical (unpaired) electrons. The molecule has 1 rings (SSSR count). The highest BCUT2D eigenvalue weighted by atomic mass is 16.4. The van der Waals surface area contributed by atoms with Crippen LogP contribution in [0, 0.1) is 11.8 Å². The molecule has 1 aliphatic heterocycles. The van der Waals surface area contributed by atoms with Crippen molar-refractivity contribution < 1.29 is 14.7 Å². The average Bonchev–Trinajstić information content (AvgIpc) is 2.59. The van der Waals surface area contributed by atoms with Gasteiger partial charge in [0, 0.05) is 6.04 Å². The minimum atomic E-state index is -0.970. The number of carbonyl (C=O) groups excluding carboxylic acids is 1. The molecule has 5 nitrogen and oxygen atoms in total. The largest absolute Gasteiger partial charge is 0.480 e. The molecule has 1 fully saturated rings. The second kappa shape index (κ2) is 5.30. The molecule has 0 aromatic heterocycles. The van der Waals surface area contributed by atoms with Gasteiger partial charge in [-0.05, 0) is 25.8 Å². The van der Waals surface area contributed by atoms with Gasteiger partial charge in [-0.25, -0.2) is 4.79 Å². The van der Waals surface area contributed by atoms with Crippen molar-refractivity contribution in [1.82, 2.24) is 10.6 Å². The summed E-state index contributed by atoms with van der Waals surface area (Å²) in [6.07, 6.45) is 0.775. The monoisotopic (exact) mass is 228 g/mol. The molecule has 1 amide bonds. The van der Waals surface area contributed by atoms with Crippen LogP contribution in [0.4, 0.5) is 0 Å². The van der Waals surface area contributed by atoms with Crippen molar-refractivity contribution in [3.05, 3.63) is 0 Å². The van der Waals surface area contributed by atoms with Gasteiger partial charge in [0.15, 0.2) is 0 Å². The number of nitrogens with one attached hydrogen (secondary N) is 2. The fraction of sp³-hybridized carbons (Fsp3) is 0.818. The molecular formula is C11H20N2O3. The average molecular weight is 228 g/mol. The molecule has 16 heavy (non-hydrogen) atoms. The minimum Gasteiger partial charge on any atom is -0.480 e. The van der Waals surface area contributed by atoms with Crippen LogP contribution in [0.15, 0.2) is 0 Å². The molecule has 1 saturated heterocycles. The third-order valence-electron chi connectivity index (χ3n) is 3.09. The Morgan fingerprint density at radius 3 is 2.44 bits per heavy atom. The van der Waals surface area contributed by atoms with E-state index in [1.54, 1.807) is 13.8 Å². The Labute approximate surface area is 95.6 Å². The maximum absolute atomic E-state index is 11.9. The fourth-order valence-electron chi connectivity index (χ4n) is 1.99. The molecule has 1 aliphatic rings. The predicted octanol–water partition coefficient (Wildman–Crippen LogP) is 0.210. The van der Waals surface area contributed by atoms with Crippen molar-refractivity contribution in [2.24, 2.45) is 11.8 Å². The first-order chi connectivity index (χ1) is 7.43. The molecule has 92 valence electrons. The predicted molar refractivity (Wildman–Crippen MR) is 60.0 cm³/mol. The molecule has 1 heterocycles. The normalized spacial score (nSPS) is 26.8. The molecule has 5 heteroatoms. The summed E-state index contributed by atoms with van der Waals surface area (Å²) in [4.78, 5) is 22.8. The highest BCUT2D eigenvalue weighted by Crippen LogP contribution is 2.16. The standard InChI is InChI=1S/C11H20N2O3/c1-6(2)9(11(15)16)13-10(14)8-4-5-12-7(8)3/h6-9,12H,4-5H2,1-3H3,(H,13,14)(H,15,16)/t7?,8?,9-/m1/s1. The maximum Gasteiger partial charge on any atom is 0.326 e. The molecule has 0 aromatic carbocycles. The summed E-state index contributed by atoms with van der Waals surface area (Å²) in [6, 6.07) is -0.665. The summed E-state index contributed by atoms with van der Waals surface area (Å²) >= 11 is 0. The van der Waals surface area contributed by atoms with Crippen LogP contribution in [0.5, 0.6) is 0 Å². The summed E-state index contributed by atoms with van der Waals surface area (Å²) in [5, 5.41) is 14.8. The van der Waals surface area contributed by atoms with Crippen LogP contribution in [-0.4, -0.2) is 35.6 Å². The topological polar surface area (TPSA) is 78.4 Å². The lowest BCUT2D eigenvalue weighted by Crippen LogP contribution is -2.48. The van der Waals surface area contributed by atoms with Gasteiger partial charge in [-0.2, -0.15) is 0 Å². The third kappa shape index (κ3) is 2.95. The lowest BCUT2D eigenvalue weighted by molar-refractivity contribution is -0.143. The number of rotatable bonds is 4. The Morgan fingerprint density at radius 1 is 1.44 bits per heavy atom. The second-order valence-corrected chi connectivity index (χ2v) is 4.71. The smallest absolute Gasteiger partial charge is 0.326 e. The zero-order chi connectivity index (χ0) is 12.3. The van der Waals surface area contributed by atoms with E-state index in [1.165, 1.54) is 0 Å². The van der Waals surface area contributed by atoms with Gasteiger partial charge in [-0.3, -0.25) is 4.79 Å². The minimum absolute atomic E-state index is 0.105. The van der Waals surface area contributed by atoms with Crippen LogP contribution in [0.25, 0.3) is 0 Å². The second-order valence-electron chi connectivity index (χ2n) is 4.71.